The van der Waals surface area contributed by atoms with Crippen LogP contribution in [0, 0.1) is 24.8 Å². The fourth-order valence-electron chi connectivity index (χ4n) is 4.52. The summed E-state index contributed by atoms with van der Waals surface area (Å²) < 4.78 is 13.0. The number of allylic oxidation sites excluding steroid dienone is 4. The van der Waals surface area contributed by atoms with Gasteiger partial charge in [-0.15, -0.1) is 0 Å². The molecule has 1 saturated heterocycles. The molecule has 2 aromatic carbocycles. The Morgan fingerprint density at radius 2 is 1.72 bits per heavy atom. The van der Waals surface area contributed by atoms with Gasteiger partial charge in [0.25, 0.3) is 0 Å². The second-order valence-electron chi connectivity index (χ2n) is 8.59. The molecule has 36 heavy (non-hydrogen) atoms. The maximum Gasteiger partial charge on any atom is 0.342 e. The molecule has 0 unspecified atom stereocenters. The average molecular weight is 476 g/mol. The number of aromatic nitrogens is 1. The summed E-state index contributed by atoms with van der Waals surface area (Å²) in [4.78, 5) is 16.1. The Labute approximate surface area is 210 Å². The fraction of sp³-hybridized carbons (Fsp3) is 0.167. The average Bonchev–Trinajstić information content (AvgIpc) is 3.42. The van der Waals surface area contributed by atoms with Gasteiger partial charge in [-0.25, -0.2) is 14.9 Å². The van der Waals surface area contributed by atoms with E-state index in [0.717, 1.165) is 45.1 Å². The number of cyclic esters (lactones) is 1. The number of benzene rings is 2. The number of ether oxygens (including phenoxy) is 2. The van der Waals surface area contributed by atoms with Crippen molar-refractivity contribution in [3.63, 3.8) is 0 Å². The number of nitriles is 1. The third kappa shape index (κ3) is 4.10. The van der Waals surface area contributed by atoms with Gasteiger partial charge in [-0.3, -0.25) is 0 Å². The first-order valence-corrected chi connectivity index (χ1v) is 11.4. The van der Waals surface area contributed by atoms with Gasteiger partial charge >= 0.3 is 11.7 Å². The van der Waals surface area contributed by atoms with Gasteiger partial charge in [0.05, 0.1) is 31.0 Å². The zero-order valence-electron chi connectivity index (χ0n) is 20.8. The van der Waals surface area contributed by atoms with Crippen molar-refractivity contribution < 1.29 is 14.3 Å². The topological polar surface area (TPSA) is 68.6 Å². The first kappa shape index (κ1) is 24.3. The highest BCUT2D eigenvalue weighted by atomic mass is 16.5. The highest BCUT2D eigenvalue weighted by Gasteiger charge is 2.36. The van der Waals surface area contributed by atoms with E-state index in [1.807, 2.05) is 88.4 Å². The minimum absolute atomic E-state index is 0.0176. The molecule has 2 heterocycles. The maximum absolute atomic E-state index is 12.8. The van der Waals surface area contributed by atoms with Crippen LogP contribution < -0.4 is 4.74 Å². The lowest BCUT2D eigenvalue weighted by Gasteiger charge is -2.14. The summed E-state index contributed by atoms with van der Waals surface area (Å²) in [5.41, 5.74) is 6.90. The van der Waals surface area contributed by atoms with Crippen LogP contribution in [0.4, 0.5) is 0 Å². The Bertz CT molecular complexity index is 1520. The minimum atomic E-state index is -0.550. The molecule has 0 spiro atoms. The van der Waals surface area contributed by atoms with Crippen LogP contribution in [-0.2, 0) is 9.53 Å². The van der Waals surface area contributed by atoms with Crippen LogP contribution in [0.25, 0.3) is 27.4 Å². The number of carbonyl (C=O) groups is 1. The molecule has 6 nitrogen and oxygen atoms in total. The fourth-order valence-corrected chi connectivity index (χ4v) is 4.52. The minimum Gasteiger partial charge on any atom is -0.497 e. The van der Waals surface area contributed by atoms with E-state index in [9.17, 15) is 10.1 Å². The van der Waals surface area contributed by atoms with E-state index in [4.69, 9.17) is 16.0 Å². The molecule has 1 aromatic heterocycles. The Morgan fingerprint density at radius 3 is 2.28 bits per heavy atom. The lowest BCUT2D eigenvalue weighted by Crippen LogP contribution is -2.01. The predicted octanol–water partition coefficient (Wildman–Crippen LogP) is 6.78. The molecular formula is C30H25N3O3. The molecule has 0 N–H and O–H groups in total. The van der Waals surface area contributed by atoms with Crippen LogP contribution in [0.5, 0.6) is 5.75 Å². The largest absolute Gasteiger partial charge is 0.497 e. The molecule has 0 atom stereocenters. The van der Waals surface area contributed by atoms with Crippen LogP contribution in [0.3, 0.4) is 0 Å². The summed E-state index contributed by atoms with van der Waals surface area (Å²) in [6.07, 6.45) is 0. The summed E-state index contributed by atoms with van der Waals surface area (Å²) in [6.45, 7) is 15.0. The predicted molar refractivity (Wildman–Crippen MR) is 139 cm³/mol. The summed E-state index contributed by atoms with van der Waals surface area (Å²) in [6, 6.07) is 21.8. The van der Waals surface area contributed by atoms with Gasteiger partial charge < -0.3 is 14.0 Å². The molecular weight excluding hydrogens is 450 g/mol. The molecule has 178 valence electrons. The summed E-state index contributed by atoms with van der Waals surface area (Å²) >= 11 is 0. The summed E-state index contributed by atoms with van der Waals surface area (Å²) in [5, 5.41) is 9.54. The molecule has 6 heteroatoms. The van der Waals surface area contributed by atoms with E-state index in [-0.39, 0.29) is 11.5 Å². The Balaban J connectivity index is 2.06. The van der Waals surface area contributed by atoms with Gasteiger partial charge in [-0.1, -0.05) is 35.9 Å². The van der Waals surface area contributed by atoms with Crippen molar-refractivity contribution in [2.24, 2.45) is 0 Å². The van der Waals surface area contributed by atoms with Crippen LogP contribution in [0.2, 0.25) is 0 Å². The van der Waals surface area contributed by atoms with Crippen molar-refractivity contribution in [2.75, 3.05) is 7.11 Å². The van der Waals surface area contributed by atoms with Crippen LogP contribution in [0.15, 0.2) is 88.8 Å². The van der Waals surface area contributed by atoms with Gasteiger partial charge in [0, 0.05) is 17.0 Å². The van der Waals surface area contributed by atoms with Crippen molar-refractivity contribution in [2.45, 2.75) is 27.7 Å². The molecule has 4 rings (SSSR count). The number of hydrogen-bond acceptors (Lipinski definition) is 4. The Morgan fingerprint density at radius 1 is 1.06 bits per heavy atom. The van der Waals surface area contributed by atoms with E-state index < -0.39 is 5.97 Å². The molecule has 0 radical (unpaired) electrons. The third-order valence-corrected chi connectivity index (χ3v) is 6.24. The molecule has 1 aliphatic heterocycles. The normalized spacial score (nSPS) is 15.6. The number of nitrogens with zero attached hydrogens (tertiary/aromatic N) is 3. The van der Waals surface area contributed by atoms with Gasteiger partial charge in [-0.05, 0) is 74.7 Å². The smallest absolute Gasteiger partial charge is 0.342 e. The lowest BCUT2D eigenvalue weighted by molar-refractivity contribution is -0.132. The van der Waals surface area contributed by atoms with E-state index in [1.165, 1.54) is 0 Å². The van der Waals surface area contributed by atoms with Crippen molar-refractivity contribution in [1.82, 2.24) is 4.57 Å². The van der Waals surface area contributed by atoms with Gasteiger partial charge in [0.2, 0.25) is 0 Å². The maximum atomic E-state index is 12.8. The van der Waals surface area contributed by atoms with Crippen molar-refractivity contribution in [1.29, 1.82) is 5.26 Å². The Hall–Kier alpha value is -4.81. The highest BCUT2D eigenvalue weighted by molar-refractivity contribution is 6.04. The Kier molecular flexibility index (Phi) is 6.63. The summed E-state index contributed by atoms with van der Waals surface area (Å²) in [7, 11) is 1.63. The third-order valence-electron chi connectivity index (χ3n) is 6.24. The standard InChI is InChI=1S/C30H25N3O3/c1-18(2)27-28(29(36-30(27)34)25(17-31)32-5)19(3)24-16-26(21-10-8-7-9-11-21)33(20(24)4)22-12-14-23(35-6)15-13-22/h7-16H,1-4,6H3/b28-19+,29-25+. The van der Waals surface area contributed by atoms with E-state index in [2.05, 4.69) is 15.5 Å². The monoisotopic (exact) mass is 475 g/mol. The van der Waals surface area contributed by atoms with Crippen LogP contribution >= 0.6 is 0 Å². The lowest BCUT2D eigenvalue weighted by atomic mass is 9.93. The molecule has 1 aliphatic rings. The van der Waals surface area contributed by atoms with Crippen LogP contribution in [-0.4, -0.2) is 17.6 Å². The number of esters is 1. The van der Waals surface area contributed by atoms with Gasteiger partial charge in [0.1, 0.15) is 5.75 Å². The van der Waals surface area contributed by atoms with E-state index in [1.54, 1.807) is 7.11 Å². The zero-order valence-corrected chi connectivity index (χ0v) is 20.8. The molecule has 3 aromatic rings. The van der Waals surface area contributed by atoms with Crippen LogP contribution in [0.1, 0.15) is 32.0 Å². The molecule has 0 saturated carbocycles. The molecule has 0 bridgehead atoms. The second kappa shape index (κ2) is 9.82. The quantitative estimate of drug-likeness (QED) is 0.180. The number of carbonyl (C=O) groups excluding carboxylic acids is 1. The van der Waals surface area contributed by atoms with E-state index in [0.29, 0.717) is 11.1 Å². The van der Waals surface area contributed by atoms with Gasteiger partial charge in [0.15, 0.2) is 5.76 Å². The second-order valence-corrected chi connectivity index (χ2v) is 8.59. The number of rotatable bonds is 4. The van der Waals surface area contributed by atoms with Crippen molar-refractivity contribution >= 4 is 11.5 Å². The molecule has 1 fully saturated rings. The zero-order chi connectivity index (χ0) is 26.0. The van der Waals surface area contributed by atoms with E-state index >= 15 is 0 Å². The first-order chi connectivity index (χ1) is 17.3. The summed E-state index contributed by atoms with van der Waals surface area (Å²) in [5.74, 6) is 0.228. The first-order valence-electron chi connectivity index (χ1n) is 11.4. The SMILES string of the molecule is [C-]#[N+]/C(C#N)=C1/OC(=O)C(=C(C)C)/C1=C(/C)c1cc(-c2ccccc2)n(-c2ccc(OC)cc2)c1C. The van der Waals surface area contributed by atoms with Crippen molar-refractivity contribution in [3.8, 4) is 28.8 Å². The molecule has 0 aliphatic carbocycles. The van der Waals surface area contributed by atoms with Crippen molar-refractivity contribution in [3.05, 3.63) is 112 Å². The van der Waals surface area contributed by atoms with Gasteiger partial charge in [-0.2, -0.15) is 0 Å². The number of methoxy groups -OCH3 is 1. The highest BCUT2D eigenvalue weighted by Crippen LogP contribution is 2.42. The number of hydrogen-bond donors (Lipinski definition) is 0. The molecule has 0 amide bonds.